The fourth-order valence-corrected chi connectivity index (χ4v) is 4.05. The Morgan fingerprint density at radius 1 is 1.12 bits per heavy atom. The van der Waals surface area contributed by atoms with Crippen molar-refractivity contribution in [2.75, 3.05) is 49.6 Å². The van der Waals surface area contributed by atoms with Crippen LogP contribution >= 0.6 is 0 Å². The van der Waals surface area contributed by atoms with Gasteiger partial charge in [0.1, 0.15) is 5.82 Å². The van der Waals surface area contributed by atoms with Crippen LogP contribution in [0.3, 0.4) is 0 Å². The van der Waals surface area contributed by atoms with Crippen LogP contribution in [0.5, 0.6) is 0 Å². The van der Waals surface area contributed by atoms with E-state index in [1.54, 1.807) is 4.90 Å². The maximum Gasteiger partial charge on any atom is 0.410 e. The van der Waals surface area contributed by atoms with E-state index in [0.717, 1.165) is 35.7 Å². The van der Waals surface area contributed by atoms with Gasteiger partial charge < -0.3 is 29.9 Å². The number of hydrogen-bond acceptors (Lipinski definition) is 7. The van der Waals surface area contributed by atoms with Gasteiger partial charge in [0, 0.05) is 43.0 Å². The molecule has 3 amide bonds. The molecule has 34 heavy (non-hydrogen) atoms. The number of morpholine rings is 1. The van der Waals surface area contributed by atoms with E-state index in [0.29, 0.717) is 50.8 Å². The summed E-state index contributed by atoms with van der Waals surface area (Å²) >= 11 is 0. The van der Waals surface area contributed by atoms with Crippen molar-refractivity contribution in [2.24, 2.45) is 0 Å². The van der Waals surface area contributed by atoms with Crippen molar-refractivity contribution in [3.8, 4) is 11.4 Å². The summed E-state index contributed by atoms with van der Waals surface area (Å²) in [6.07, 6.45) is 0.171. The Bertz CT molecular complexity index is 1020. The van der Waals surface area contributed by atoms with Crippen LogP contribution in [0.25, 0.3) is 11.4 Å². The molecule has 0 unspecified atom stereocenters. The minimum atomic E-state index is -0.325. The normalized spacial score (nSPS) is 15.6. The molecule has 10 nitrogen and oxygen atoms in total. The van der Waals surface area contributed by atoms with Gasteiger partial charge in [-0.15, -0.1) is 0 Å². The zero-order chi connectivity index (χ0) is 24.1. The van der Waals surface area contributed by atoms with Gasteiger partial charge in [-0.25, -0.2) is 19.6 Å². The number of fused-ring (bicyclic) bond motifs is 1. The molecule has 1 saturated heterocycles. The van der Waals surface area contributed by atoms with E-state index in [1.165, 1.54) is 0 Å². The van der Waals surface area contributed by atoms with E-state index in [-0.39, 0.29) is 18.2 Å². The van der Waals surface area contributed by atoms with Crippen LogP contribution in [0.1, 0.15) is 32.0 Å². The molecule has 1 fully saturated rings. The third-order valence-electron chi connectivity index (χ3n) is 5.69. The highest BCUT2D eigenvalue weighted by atomic mass is 16.6. The topological polar surface area (TPSA) is 109 Å². The average Bonchev–Trinajstić information content (AvgIpc) is 2.83. The maximum absolute atomic E-state index is 12.5. The number of nitrogens with zero attached hydrogens (tertiary/aromatic N) is 4. The second-order valence-electron chi connectivity index (χ2n) is 8.56. The molecule has 0 bridgehead atoms. The van der Waals surface area contributed by atoms with Crippen molar-refractivity contribution in [1.29, 1.82) is 0 Å². The Labute approximate surface area is 199 Å². The number of hydrogen-bond donors (Lipinski definition) is 2. The fraction of sp³-hybridized carbons (Fsp3) is 0.500. The van der Waals surface area contributed by atoms with Crippen LogP contribution in [-0.4, -0.2) is 72.5 Å². The lowest BCUT2D eigenvalue weighted by atomic mass is 10.0. The number of amides is 3. The third kappa shape index (κ3) is 5.56. The van der Waals surface area contributed by atoms with Gasteiger partial charge in [0.2, 0.25) is 0 Å². The smallest absolute Gasteiger partial charge is 0.410 e. The predicted molar refractivity (Wildman–Crippen MR) is 129 cm³/mol. The molecule has 1 aromatic heterocycles. The highest BCUT2D eigenvalue weighted by molar-refractivity contribution is 5.89. The van der Waals surface area contributed by atoms with Gasteiger partial charge >= 0.3 is 12.1 Å². The Morgan fingerprint density at radius 3 is 2.53 bits per heavy atom. The molecule has 4 rings (SSSR count). The van der Waals surface area contributed by atoms with Crippen LogP contribution in [0.4, 0.5) is 21.1 Å². The summed E-state index contributed by atoms with van der Waals surface area (Å²) in [5.74, 6) is 1.49. The largest absolute Gasteiger partial charge is 0.447 e. The molecule has 0 aliphatic carbocycles. The molecule has 0 atom stereocenters. The van der Waals surface area contributed by atoms with Crippen molar-refractivity contribution in [3.63, 3.8) is 0 Å². The van der Waals surface area contributed by atoms with E-state index >= 15 is 0 Å². The lowest BCUT2D eigenvalue weighted by Crippen LogP contribution is -2.41. The number of aromatic nitrogens is 2. The van der Waals surface area contributed by atoms with E-state index in [9.17, 15) is 9.59 Å². The number of rotatable bonds is 5. The number of carbonyl (C=O) groups excluding carboxylic acids is 2. The first-order chi connectivity index (χ1) is 16.4. The molecule has 2 aromatic rings. The van der Waals surface area contributed by atoms with E-state index in [4.69, 9.17) is 19.4 Å². The van der Waals surface area contributed by atoms with Crippen molar-refractivity contribution < 1.29 is 19.1 Å². The molecule has 182 valence electrons. The number of ether oxygens (including phenoxy) is 2. The summed E-state index contributed by atoms with van der Waals surface area (Å²) in [6.45, 7) is 9.89. The van der Waals surface area contributed by atoms with Crippen LogP contribution in [0.15, 0.2) is 24.3 Å². The Kier molecular flexibility index (Phi) is 7.46. The lowest BCUT2D eigenvalue weighted by Gasteiger charge is -2.34. The van der Waals surface area contributed by atoms with E-state index < -0.39 is 0 Å². The van der Waals surface area contributed by atoms with Crippen LogP contribution in [0.2, 0.25) is 0 Å². The number of nitrogens with one attached hydrogen (secondary N) is 2. The van der Waals surface area contributed by atoms with Crippen LogP contribution in [-0.2, 0) is 22.4 Å². The summed E-state index contributed by atoms with van der Waals surface area (Å²) in [7, 11) is 0. The molecule has 2 aliphatic rings. The minimum absolute atomic E-state index is 0.176. The first-order valence-corrected chi connectivity index (χ1v) is 11.8. The van der Waals surface area contributed by atoms with Gasteiger partial charge in [0.25, 0.3) is 0 Å². The zero-order valence-corrected chi connectivity index (χ0v) is 20.0. The van der Waals surface area contributed by atoms with E-state index in [1.807, 2.05) is 45.0 Å². The van der Waals surface area contributed by atoms with Crippen LogP contribution in [0, 0.1) is 0 Å². The molecule has 0 saturated carbocycles. The second-order valence-corrected chi connectivity index (χ2v) is 8.56. The quantitative estimate of drug-likeness (QED) is 0.694. The number of carbonyl (C=O) groups is 2. The fourth-order valence-electron chi connectivity index (χ4n) is 4.05. The van der Waals surface area contributed by atoms with Crippen molar-refractivity contribution >= 4 is 23.6 Å². The summed E-state index contributed by atoms with van der Waals surface area (Å²) in [5, 5.41) is 5.51. The summed E-state index contributed by atoms with van der Waals surface area (Å²) < 4.78 is 10.9. The molecule has 0 radical (unpaired) electrons. The van der Waals surface area contributed by atoms with Crippen molar-refractivity contribution in [1.82, 2.24) is 20.2 Å². The number of anilines is 2. The van der Waals surface area contributed by atoms with Crippen LogP contribution < -0.4 is 15.5 Å². The SMILES string of the molecule is CCNC(=O)Nc1ccc(-c2nc3c(c(N4CCOCC4)n2)CCN(C(=O)OC(C)C)C3)cc1. The molecule has 2 aliphatic heterocycles. The van der Waals surface area contributed by atoms with Gasteiger partial charge in [-0.3, -0.25) is 0 Å². The molecule has 3 heterocycles. The summed E-state index contributed by atoms with van der Waals surface area (Å²) in [4.78, 5) is 38.0. The summed E-state index contributed by atoms with van der Waals surface area (Å²) in [5.41, 5.74) is 3.43. The van der Waals surface area contributed by atoms with Gasteiger partial charge in [0.05, 0.1) is 31.6 Å². The molecular formula is C24H32N6O4. The highest BCUT2D eigenvalue weighted by Crippen LogP contribution is 2.30. The van der Waals surface area contributed by atoms with Crippen molar-refractivity contribution in [3.05, 3.63) is 35.5 Å². The van der Waals surface area contributed by atoms with Gasteiger partial charge in [-0.2, -0.15) is 0 Å². The molecule has 10 heteroatoms. The molecule has 1 aromatic carbocycles. The monoisotopic (exact) mass is 468 g/mol. The standard InChI is InChI=1S/C24H32N6O4/c1-4-25-23(31)26-18-7-5-17(6-8-18)21-27-20-15-30(24(32)34-16(2)3)10-9-19(20)22(28-21)29-11-13-33-14-12-29/h5-8,16H,4,9-15H2,1-3H3,(H2,25,26,31). The third-order valence-corrected chi connectivity index (χ3v) is 5.69. The first kappa shape index (κ1) is 23.7. The summed E-state index contributed by atoms with van der Waals surface area (Å²) in [6, 6.07) is 7.19. The average molecular weight is 469 g/mol. The van der Waals surface area contributed by atoms with Crippen molar-refractivity contribution in [2.45, 2.75) is 39.8 Å². The Hall–Kier alpha value is -3.40. The highest BCUT2D eigenvalue weighted by Gasteiger charge is 2.29. The number of benzene rings is 1. The molecule has 2 N–H and O–H groups in total. The molecular weight excluding hydrogens is 436 g/mol. The van der Waals surface area contributed by atoms with Gasteiger partial charge in [-0.1, -0.05) is 0 Å². The number of urea groups is 1. The second kappa shape index (κ2) is 10.7. The van der Waals surface area contributed by atoms with Gasteiger partial charge in [0.15, 0.2) is 5.82 Å². The zero-order valence-electron chi connectivity index (χ0n) is 20.0. The lowest BCUT2D eigenvalue weighted by molar-refractivity contribution is 0.0724. The minimum Gasteiger partial charge on any atom is -0.447 e. The maximum atomic E-state index is 12.5. The van der Waals surface area contributed by atoms with E-state index in [2.05, 4.69) is 15.5 Å². The molecule has 0 spiro atoms. The Balaban J connectivity index is 1.64. The van der Waals surface area contributed by atoms with Gasteiger partial charge in [-0.05, 0) is 51.5 Å². The predicted octanol–water partition coefficient (Wildman–Crippen LogP) is 3.02. The first-order valence-electron chi connectivity index (χ1n) is 11.8. The Morgan fingerprint density at radius 2 is 1.85 bits per heavy atom.